The molecular formula is C14H16ClN3. The lowest BCUT2D eigenvalue weighted by atomic mass is 9.87. The smallest absolute Gasteiger partial charge is 0.0737 e. The van der Waals surface area contributed by atoms with Crippen LogP contribution in [0.15, 0.2) is 30.5 Å². The summed E-state index contributed by atoms with van der Waals surface area (Å²) in [6, 6.07) is 7.88. The molecule has 0 unspecified atom stereocenters. The van der Waals surface area contributed by atoms with Crippen molar-refractivity contribution in [1.82, 2.24) is 4.98 Å². The van der Waals surface area contributed by atoms with E-state index in [1.165, 1.54) is 5.69 Å². The van der Waals surface area contributed by atoms with Gasteiger partial charge in [-0.15, -0.1) is 0 Å². The van der Waals surface area contributed by atoms with E-state index < -0.39 is 0 Å². The van der Waals surface area contributed by atoms with Crippen LogP contribution >= 0.6 is 11.6 Å². The number of hydrogen-bond donors (Lipinski definition) is 1. The minimum absolute atomic E-state index is 0.0258. The minimum atomic E-state index is -0.0258. The topological polar surface area (TPSA) is 42.1 Å². The van der Waals surface area contributed by atoms with Crippen molar-refractivity contribution in [3.8, 4) is 0 Å². The SMILES string of the molecule is CCC1(N)CN(c2ccnc3cc(Cl)ccc23)C1. The summed E-state index contributed by atoms with van der Waals surface area (Å²) in [7, 11) is 0. The van der Waals surface area contributed by atoms with Crippen molar-refractivity contribution in [3.05, 3.63) is 35.5 Å². The van der Waals surface area contributed by atoms with Crippen LogP contribution in [0.2, 0.25) is 5.02 Å². The summed E-state index contributed by atoms with van der Waals surface area (Å²) in [5.41, 5.74) is 8.33. The third-order valence-corrected chi connectivity index (χ3v) is 3.97. The Balaban J connectivity index is 1.99. The maximum Gasteiger partial charge on any atom is 0.0737 e. The van der Waals surface area contributed by atoms with E-state index in [0.717, 1.165) is 35.4 Å². The molecule has 3 rings (SSSR count). The first-order chi connectivity index (χ1) is 8.61. The highest BCUT2D eigenvalue weighted by Crippen LogP contribution is 2.33. The number of nitrogens with zero attached hydrogens (tertiary/aromatic N) is 2. The van der Waals surface area contributed by atoms with E-state index in [1.807, 2.05) is 30.5 Å². The Bertz CT molecular complexity index is 591. The molecule has 0 radical (unpaired) electrons. The fraction of sp³-hybridized carbons (Fsp3) is 0.357. The monoisotopic (exact) mass is 261 g/mol. The molecule has 2 aromatic rings. The number of aromatic nitrogens is 1. The number of pyridine rings is 1. The number of nitrogens with two attached hydrogens (primary N) is 1. The van der Waals surface area contributed by atoms with Gasteiger partial charge in [0.25, 0.3) is 0 Å². The first kappa shape index (κ1) is 11.8. The van der Waals surface area contributed by atoms with E-state index in [2.05, 4.69) is 16.8 Å². The van der Waals surface area contributed by atoms with Gasteiger partial charge in [-0.3, -0.25) is 4.98 Å². The minimum Gasteiger partial charge on any atom is -0.367 e. The van der Waals surface area contributed by atoms with Crippen molar-refractivity contribution in [3.63, 3.8) is 0 Å². The second-order valence-corrected chi connectivity index (χ2v) is 5.50. The molecule has 0 amide bonds. The maximum atomic E-state index is 6.22. The molecule has 0 bridgehead atoms. The number of fused-ring (bicyclic) bond motifs is 1. The molecule has 94 valence electrons. The van der Waals surface area contributed by atoms with Crippen molar-refractivity contribution in [2.24, 2.45) is 5.73 Å². The first-order valence-electron chi connectivity index (χ1n) is 6.19. The van der Waals surface area contributed by atoms with Gasteiger partial charge in [0.15, 0.2) is 0 Å². The fourth-order valence-corrected chi connectivity index (χ4v) is 2.66. The van der Waals surface area contributed by atoms with E-state index in [4.69, 9.17) is 17.3 Å². The van der Waals surface area contributed by atoms with Crippen LogP contribution in [0.3, 0.4) is 0 Å². The summed E-state index contributed by atoms with van der Waals surface area (Å²) in [6.45, 7) is 3.96. The molecule has 3 nitrogen and oxygen atoms in total. The Morgan fingerprint density at radius 3 is 2.89 bits per heavy atom. The van der Waals surface area contributed by atoms with Crippen LogP contribution in [0, 0.1) is 0 Å². The highest BCUT2D eigenvalue weighted by atomic mass is 35.5. The molecule has 1 saturated heterocycles. The second-order valence-electron chi connectivity index (χ2n) is 5.06. The van der Waals surface area contributed by atoms with Crippen LogP contribution in [0.4, 0.5) is 5.69 Å². The maximum absolute atomic E-state index is 6.22. The molecule has 1 aromatic carbocycles. The molecule has 1 aromatic heterocycles. The third kappa shape index (κ3) is 1.84. The van der Waals surface area contributed by atoms with E-state index in [9.17, 15) is 0 Å². The predicted molar refractivity (Wildman–Crippen MR) is 76.2 cm³/mol. The van der Waals surface area contributed by atoms with Crippen LogP contribution in [0.25, 0.3) is 10.9 Å². The normalized spacial score (nSPS) is 17.8. The van der Waals surface area contributed by atoms with Crippen LogP contribution in [0.1, 0.15) is 13.3 Å². The Labute approximate surface area is 112 Å². The predicted octanol–water partition coefficient (Wildman–Crippen LogP) is 2.82. The van der Waals surface area contributed by atoms with Crippen LogP contribution < -0.4 is 10.6 Å². The summed E-state index contributed by atoms with van der Waals surface area (Å²) >= 11 is 5.99. The average molecular weight is 262 g/mol. The van der Waals surface area contributed by atoms with Crippen LogP contribution in [0.5, 0.6) is 0 Å². The summed E-state index contributed by atoms with van der Waals surface area (Å²) in [5, 5.41) is 1.86. The van der Waals surface area contributed by atoms with Crippen molar-refractivity contribution in [2.75, 3.05) is 18.0 Å². The van der Waals surface area contributed by atoms with Gasteiger partial charge < -0.3 is 10.6 Å². The fourth-order valence-electron chi connectivity index (χ4n) is 2.49. The zero-order chi connectivity index (χ0) is 12.8. The molecule has 0 spiro atoms. The lowest BCUT2D eigenvalue weighted by molar-refractivity contribution is 0.323. The molecule has 4 heteroatoms. The van der Waals surface area contributed by atoms with E-state index in [0.29, 0.717) is 0 Å². The lowest BCUT2D eigenvalue weighted by Crippen LogP contribution is -2.67. The molecule has 1 fully saturated rings. The molecule has 18 heavy (non-hydrogen) atoms. The lowest BCUT2D eigenvalue weighted by Gasteiger charge is -2.49. The van der Waals surface area contributed by atoms with Crippen molar-refractivity contribution >= 4 is 28.2 Å². The molecule has 1 aliphatic rings. The third-order valence-electron chi connectivity index (χ3n) is 3.74. The number of benzene rings is 1. The van der Waals surface area contributed by atoms with Gasteiger partial charge in [-0.25, -0.2) is 0 Å². The molecule has 2 heterocycles. The second kappa shape index (κ2) is 4.11. The van der Waals surface area contributed by atoms with Gasteiger partial charge in [0.05, 0.1) is 11.1 Å². The average Bonchev–Trinajstić information content (AvgIpc) is 2.34. The molecule has 0 atom stereocenters. The van der Waals surface area contributed by atoms with E-state index in [1.54, 1.807) is 0 Å². The summed E-state index contributed by atoms with van der Waals surface area (Å²) in [5.74, 6) is 0. The highest BCUT2D eigenvalue weighted by molar-refractivity contribution is 6.31. The Kier molecular flexibility index (Phi) is 2.68. The summed E-state index contributed by atoms with van der Waals surface area (Å²) < 4.78 is 0. The highest BCUT2D eigenvalue weighted by Gasteiger charge is 2.38. The zero-order valence-corrected chi connectivity index (χ0v) is 11.1. The van der Waals surface area contributed by atoms with Gasteiger partial charge in [-0.05, 0) is 30.7 Å². The summed E-state index contributed by atoms with van der Waals surface area (Å²) in [4.78, 5) is 6.66. The van der Waals surface area contributed by atoms with Gasteiger partial charge in [-0.1, -0.05) is 18.5 Å². The van der Waals surface area contributed by atoms with Gasteiger partial charge in [0.1, 0.15) is 0 Å². The first-order valence-corrected chi connectivity index (χ1v) is 6.57. The quantitative estimate of drug-likeness (QED) is 0.904. The number of anilines is 1. The molecule has 1 aliphatic heterocycles. The molecule has 0 aliphatic carbocycles. The molecule has 2 N–H and O–H groups in total. The Morgan fingerprint density at radius 2 is 2.17 bits per heavy atom. The zero-order valence-electron chi connectivity index (χ0n) is 10.4. The van der Waals surface area contributed by atoms with E-state index >= 15 is 0 Å². The van der Waals surface area contributed by atoms with Gasteiger partial charge >= 0.3 is 0 Å². The van der Waals surface area contributed by atoms with Gasteiger partial charge in [0, 0.05) is 35.4 Å². The van der Waals surface area contributed by atoms with Crippen molar-refractivity contribution in [2.45, 2.75) is 18.9 Å². The van der Waals surface area contributed by atoms with E-state index in [-0.39, 0.29) is 5.54 Å². The van der Waals surface area contributed by atoms with Crippen LogP contribution in [-0.4, -0.2) is 23.6 Å². The van der Waals surface area contributed by atoms with Gasteiger partial charge in [-0.2, -0.15) is 0 Å². The molecule has 0 saturated carbocycles. The molecular weight excluding hydrogens is 246 g/mol. The van der Waals surface area contributed by atoms with Crippen molar-refractivity contribution < 1.29 is 0 Å². The van der Waals surface area contributed by atoms with Crippen LogP contribution in [-0.2, 0) is 0 Å². The number of halogens is 1. The Hall–Kier alpha value is -1.32. The standard InChI is InChI=1S/C14H16ClN3/c1-2-14(16)8-18(9-14)13-5-6-17-12-7-10(15)3-4-11(12)13/h3-7H,2,8-9,16H2,1H3. The van der Waals surface area contributed by atoms with Crippen molar-refractivity contribution in [1.29, 1.82) is 0 Å². The largest absolute Gasteiger partial charge is 0.367 e. The number of hydrogen-bond acceptors (Lipinski definition) is 3. The van der Waals surface area contributed by atoms with Gasteiger partial charge in [0.2, 0.25) is 0 Å². The number of rotatable bonds is 2. The summed E-state index contributed by atoms with van der Waals surface area (Å²) in [6.07, 6.45) is 2.84. The Morgan fingerprint density at radius 1 is 1.39 bits per heavy atom.